The van der Waals surface area contributed by atoms with Gasteiger partial charge in [0.25, 0.3) is 5.91 Å². The van der Waals surface area contributed by atoms with Crippen LogP contribution in [0.3, 0.4) is 0 Å². The van der Waals surface area contributed by atoms with Gasteiger partial charge in [-0.25, -0.2) is 4.98 Å². The first kappa shape index (κ1) is 26.2. The number of hydrogen-bond acceptors (Lipinski definition) is 3. The number of benzene rings is 3. The number of nitrogens with zero attached hydrogens (tertiary/aromatic N) is 4. The SMILES string of the molecule is Cc1ccc(-n2c(CN(C(=O)c3c(C)cc(C)cc3C)C(C)C)nc3cc(CN4CCCC4)ccc32)cc1. The van der Waals surface area contributed by atoms with Crippen LogP contribution in [-0.4, -0.2) is 44.4 Å². The average molecular weight is 509 g/mol. The van der Waals surface area contributed by atoms with Crippen LogP contribution in [0.1, 0.15) is 70.7 Å². The van der Waals surface area contributed by atoms with Crippen molar-refractivity contribution in [2.24, 2.45) is 0 Å². The number of carbonyl (C=O) groups excluding carboxylic acids is 1. The molecule has 3 aromatic carbocycles. The van der Waals surface area contributed by atoms with E-state index < -0.39 is 0 Å². The summed E-state index contributed by atoms with van der Waals surface area (Å²) in [5.74, 6) is 0.943. The van der Waals surface area contributed by atoms with Crippen molar-refractivity contribution < 1.29 is 4.79 Å². The standard InChI is InChI=1S/C33H40N4O/c1-22(2)36(33(38)32-25(5)17-24(4)18-26(32)6)21-31-34-29-19-27(20-35-15-7-8-16-35)11-14-30(29)37(31)28-12-9-23(3)10-13-28/h9-14,17-19,22H,7-8,15-16,20-21H2,1-6H3. The number of amides is 1. The highest BCUT2D eigenvalue weighted by atomic mass is 16.2. The summed E-state index contributed by atoms with van der Waals surface area (Å²) in [7, 11) is 0. The summed E-state index contributed by atoms with van der Waals surface area (Å²) in [4.78, 5) is 23.6. The van der Waals surface area contributed by atoms with Crippen LogP contribution in [0.15, 0.2) is 54.6 Å². The minimum absolute atomic E-state index is 0.0274. The molecule has 1 amide bonds. The number of hydrogen-bond donors (Lipinski definition) is 0. The van der Waals surface area contributed by atoms with Crippen LogP contribution in [0.2, 0.25) is 0 Å². The van der Waals surface area contributed by atoms with Crippen molar-refractivity contribution in [3.05, 3.63) is 93.8 Å². The highest BCUT2D eigenvalue weighted by Crippen LogP contribution is 2.27. The van der Waals surface area contributed by atoms with Crippen molar-refractivity contribution in [1.82, 2.24) is 19.4 Å². The van der Waals surface area contributed by atoms with Gasteiger partial charge in [0.15, 0.2) is 0 Å². The van der Waals surface area contributed by atoms with Crippen molar-refractivity contribution in [3.63, 3.8) is 0 Å². The van der Waals surface area contributed by atoms with E-state index in [0.717, 1.165) is 45.8 Å². The third-order valence-corrected chi connectivity index (χ3v) is 7.77. The molecule has 5 heteroatoms. The minimum Gasteiger partial charge on any atom is -0.329 e. The summed E-state index contributed by atoms with van der Waals surface area (Å²) in [6.07, 6.45) is 2.57. The van der Waals surface area contributed by atoms with E-state index in [1.165, 1.54) is 42.6 Å². The van der Waals surface area contributed by atoms with Crippen molar-refractivity contribution in [2.45, 2.75) is 73.5 Å². The quantitative estimate of drug-likeness (QED) is 0.272. The molecular formula is C33H40N4O. The van der Waals surface area contributed by atoms with Gasteiger partial charge in [0.05, 0.1) is 17.6 Å². The summed E-state index contributed by atoms with van der Waals surface area (Å²) in [6.45, 7) is 16.2. The van der Waals surface area contributed by atoms with Crippen molar-refractivity contribution in [1.29, 1.82) is 0 Å². The zero-order chi connectivity index (χ0) is 27.0. The number of imidazole rings is 1. The van der Waals surface area contributed by atoms with E-state index in [1.54, 1.807) is 0 Å². The molecule has 1 fully saturated rings. The lowest BCUT2D eigenvalue weighted by molar-refractivity contribution is 0.0683. The second-order valence-corrected chi connectivity index (χ2v) is 11.3. The van der Waals surface area contributed by atoms with E-state index >= 15 is 0 Å². The molecule has 1 aliphatic heterocycles. The first-order valence-electron chi connectivity index (χ1n) is 13.9. The van der Waals surface area contributed by atoms with Crippen LogP contribution in [0.5, 0.6) is 0 Å². The molecule has 0 atom stereocenters. The zero-order valence-corrected chi connectivity index (χ0v) is 23.7. The van der Waals surface area contributed by atoms with E-state index in [0.29, 0.717) is 6.54 Å². The maximum atomic E-state index is 14.0. The number of likely N-dealkylation sites (tertiary alicyclic amines) is 1. The molecule has 0 radical (unpaired) electrons. The van der Waals surface area contributed by atoms with Crippen LogP contribution in [-0.2, 0) is 13.1 Å². The zero-order valence-electron chi connectivity index (χ0n) is 23.7. The van der Waals surface area contributed by atoms with Gasteiger partial charge in [-0.15, -0.1) is 0 Å². The second kappa shape index (κ2) is 10.7. The molecule has 198 valence electrons. The second-order valence-electron chi connectivity index (χ2n) is 11.3. The maximum Gasteiger partial charge on any atom is 0.255 e. The Morgan fingerprint density at radius 1 is 0.895 bits per heavy atom. The Bertz CT molecular complexity index is 1440. The van der Waals surface area contributed by atoms with E-state index in [1.807, 2.05) is 18.7 Å². The average Bonchev–Trinajstić information content (AvgIpc) is 3.49. The topological polar surface area (TPSA) is 41.4 Å². The summed E-state index contributed by atoms with van der Waals surface area (Å²) in [5.41, 5.74) is 9.67. The Morgan fingerprint density at radius 2 is 1.55 bits per heavy atom. The van der Waals surface area contributed by atoms with Crippen LogP contribution in [0.25, 0.3) is 16.7 Å². The smallest absolute Gasteiger partial charge is 0.255 e. The van der Waals surface area contributed by atoms with Crippen molar-refractivity contribution in [2.75, 3.05) is 13.1 Å². The van der Waals surface area contributed by atoms with Crippen LogP contribution >= 0.6 is 0 Å². The lowest BCUT2D eigenvalue weighted by Crippen LogP contribution is -2.38. The molecule has 0 spiro atoms. The fraction of sp³-hybridized carbons (Fsp3) is 0.394. The Morgan fingerprint density at radius 3 is 2.18 bits per heavy atom. The minimum atomic E-state index is 0.0274. The fourth-order valence-corrected chi connectivity index (χ4v) is 5.86. The predicted octanol–water partition coefficient (Wildman–Crippen LogP) is 6.91. The molecule has 5 nitrogen and oxygen atoms in total. The predicted molar refractivity (Wildman–Crippen MR) is 156 cm³/mol. The maximum absolute atomic E-state index is 14.0. The van der Waals surface area contributed by atoms with Gasteiger partial charge in [-0.1, -0.05) is 41.5 Å². The Balaban J connectivity index is 1.57. The normalized spacial score (nSPS) is 14.1. The molecule has 0 bridgehead atoms. The number of rotatable bonds is 7. The van der Waals surface area contributed by atoms with Gasteiger partial charge >= 0.3 is 0 Å². The molecule has 0 saturated carbocycles. The molecule has 5 rings (SSSR count). The monoisotopic (exact) mass is 508 g/mol. The van der Waals surface area contributed by atoms with Crippen LogP contribution < -0.4 is 0 Å². The van der Waals surface area contributed by atoms with Gasteiger partial charge in [-0.3, -0.25) is 14.3 Å². The number of aryl methyl sites for hydroxylation is 4. The molecule has 1 aliphatic rings. The number of aromatic nitrogens is 2. The van der Waals surface area contributed by atoms with Crippen molar-refractivity contribution >= 4 is 16.9 Å². The molecule has 0 unspecified atom stereocenters. The largest absolute Gasteiger partial charge is 0.329 e. The molecule has 0 N–H and O–H groups in total. The highest BCUT2D eigenvalue weighted by Gasteiger charge is 2.25. The van der Waals surface area contributed by atoms with E-state index in [-0.39, 0.29) is 11.9 Å². The Hall–Kier alpha value is -3.44. The lowest BCUT2D eigenvalue weighted by atomic mass is 9.98. The first-order valence-corrected chi connectivity index (χ1v) is 13.9. The van der Waals surface area contributed by atoms with E-state index in [9.17, 15) is 4.79 Å². The fourth-order valence-electron chi connectivity index (χ4n) is 5.86. The van der Waals surface area contributed by atoms with Crippen LogP contribution in [0, 0.1) is 27.7 Å². The Kier molecular flexibility index (Phi) is 7.40. The molecule has 1 aromatic heterocycles. The highest BCUT2D eigenvalue weighted by molar-refractivity contribution is 5.97. The van der Waals surface area contributed by atoms with E-state index in [2.05, 4.69) is 91.8 Å². The third kappa shape index (κ3) is 5.25. The van der Waals surface area contributed by atoms with Gasteiger partial charge in [-0.2, -0.15) is 0 Å². The molecule has 4 aromatic rings. The first-order chi connectivity index (χ1) is 18.2. The number of carbonyl (C=O) groups is 1. The molecule has 2 heterocycles. The molecular weight excluding hydrogens is 468 g/mol. The summed E-state index contributed by atoms with van der Waals surface area (Å²) in [5, 5.41) is 0. The Labute approximate surface area is 227 Å². The lowest BCUT2D eigenvalue weighted by Gasteiger charge is -2.28. The molecule has 0 aliphatic carbocycles. The summed E-state index contributed by atoms with van der Waals surface area (Å²) in [6, 6.07) is 19.5. The van der Waals surface area contributed by atoms with Gasteiger partial charge in [-0.05, 0) is 108 Å². The van der Waals surface area contributed by atoms with Crippen LogP contribution in [0.4, 0.5) is 0 Å². The third-order valence-electron chi connectivity index (χ3n) is 7.77. The summed E-state index contributed by atoms with van der Waals surface area (Å²) >= 11 is 0. The van der Waals surface area contributed by atoms with E-state index in [4.69, 9.17) is 4.98 Å². The summed E-state index contributed by atoms with van der Waals surface area (Å²) < 4.78 is 2.23. The van der Waals surface area contributed by atoms with Gasteiger partial charge in [0, 0.05) is 23.8 Å². The number of fused-ring (bicyclic) bond motifs is 1. The molecule has 1 saturated heterocycles. The van der Waals surface area contributed by atoms with Gasteiger partial charge in [0.1, 0.15) is 5.82 Å². The van der Waals surface area contributed by atoms with Gasteiger partial charge in [0.2, 0.25) is 0 Å². The van der Waals surface area contributed by atoms with Gasteiger partial charge < -0.3 is 4.90 Å². The molecule has 38 heavy (non-hydrogen) atoms. The van der Waals surface area contributed by atoms with Crippen molar-refractivity contribution in [3.8, 4) is 5.69 Å².